The highest BCUT2D eigenvalue weighted by Crippen LogP contribution is 2.16. The van der Waals surface area contributed by atoms with Gasteiger partial charge in [-0.2, -0.15) is 0 Å². The van der Waals surface area contributed by atoms with Crippen LogP contribution in [0.3, 0.4) is 0 Å². The van der Waals surface area contributed by atoms with Crippen LogP contribution in [0.1, 0.15) is 17.5 Å². The van der Waals surface area contributed by atoms with E-state index in [2.05, 4.69) is 4.74 Å². The minimum atomic E-state index is -0.724. The fourth-order valence-electron chi connectivity index (χ4n) is 2.42. The predicted octanol–water partition coefficient (Wildman–Crippen LogP) is 1.13. The zero-order valence-corrected chi connectivity index (χ0v) is 12.3. The Morgan fingerprint density at radius 2 is 1.95 bits per heavy atom. The van der Waals surface area contributed by atoms with Crippen molar-refractivity contribution >= 4 is 17.7 Å². The second-order valence-electron chi connectivity index (χ2n) is 5.31. The summed E-state index contributed by atoms with van der Waals surface area (Å²) in [6.07, 6.45) is 0.613. The maximum absolute atomic E-state index is 12.2. The lowest BCUT2D eigenvalue weighted by Gasteiger charge is -2.29. The topological polar surface area (TPSA) is 63.7 Å². The van der Waals surface area contributed by atoms with Gasteiger partial charge in [-0.15, -0.1) is 0 Å². The van der Waals surface area contributed by atoms with E-state index in [-0.39, 0.29) is 24.7 Å². The molecule has 1 aromatic rings. The zero-order valence-electron chi connectivity index (χ0n) is 12.3. The number of ketones is 1. The van der Waals surface area contributed by atoms with Gasteiger partial charge in [0.2, 0.25) is 5.91 Å². The molecule has 1 aliphatic heterocycles. The highest BCUT2D eigenvalue weighted by Gasteiger charge is 2.34. The predicted molar refractivity (Wildman–Crippen MR) is 76.6 cm³/mol. The van der Waals surface area contributed by atoms with Gasteiger partial charge in [0.1, 0.15) is 5.92 Å². The number of piperidine rings is 1. The van der Waals surface area contributed by atoms with Crippen LogP contribution in [0.5, 0.6) is 0 Å². The molecule has 0 N–H and O–H groups in total. The molecule has 0 aliphatic carbocycles. The van der Waals surface area contributed by atoms with Crippen LogP contribution in [0, 0.1) is 12.8 Å². The van der Waals surface area contributed by atoms with E-state index in [1.807, 2.05) is 31.2 Å². The van der Waals surface area contributed by atoms with Crippen molar-refractivity contribution in [1.82, 2.24) is 4.90 Å². The molecule has 1 unspecified atom stereocenters. The highest BCUT2D eigenvalue weighted by atomic mass is 16.5. The van der Waals surface area contributed by atoms with Crippen LogP contribution in [0.25, 0.3) is 0 Å². The van der Waals surface area contributed by atoms with Crippen LogP contribution < -0.4 is 0 Å². The number of amides is 1. The first-order valence-electron chi connectivity index (χ1n) is 6.95. The van der Waals surface area contributed by atoms with Crippen molar-refractivity contribution in [2.75, 3.05) is 20.2 Å². The van der Waals surface area contributed by atoms with Crippen molar-refractivity contribution in [3.8, 4) is 0 Å². The molecule has 1 saturated heterocycles. The molecule has 0 saturated carbocycles. The van der Waals surface area contributed by atoms with Crippen molar-refractivity contribution < 1.29 is 19.1 Å². The van der Waals surface area contributed by atoms with E-state index in [1.54, 1.807) is 0 Å². The van der Waals surface area contributed by atoms with Crippen molar-refractivity contribution in [2.24, 2.45) is 5.92 Å². The number of methoxy groups -OCH3 is 1. The fraction of sp³-hybridized carbons (Fsp3) is 0.438. The lowest BCUT2D eigenvalue weighted by molar-refractivity contribution is -0.154. The average Bonchev–Trinajstić information content (AvgIpc) is 2.48. The molecule has 1 amide bonds. The lowest BCUT2D eigenvalue weighted by atomic mass is 9.95. The molecule has 2 rings (SSSR count). The van der Waals surface area contributed by atoms with E-state index < -0.39 is 11.9 Å². The van der Waals surface area contributed by atoms with E-state index in [4.69, 9.17) is 0 Å². The Bertz CT molecular complexity index is 550. The molecule has 0 bridgehead atoms. The summed E-state index contributed by atoms with van der Waals surface area (Å²) in [5, 5.41) is 0. The first-order valence-corrected chi connectivity index (χ1v) is 6.95. The Morgan fingerprint density at radius 1 is 1.29 bits per heavy atom. The number of esters is 1. The Balaban J connectivity index is 1.94. The molecule has 1 atom stereocenters. The Morgan fingerprint density at radius 3 is 2.52 bits per heavy atom. The number of carbonyl (C=O) groups is 3. The normalized spacial score (nSPS) is 18.5. The van der Waals surface area contributed by atoms with Crippen molar-refractivity contribution in [3.63, 3.8) is 0 Å². The summed E-state index contributed by atoms with van der Waals surface area (Å²) >= 11 is 0. The Hall–Kier alpha value is -2.17. The Labute approximate surface area is 123 Å². The van der Waals surface area contributed by atoms with Gasteiger partial charge in [0.25, 0.3) is 0 Å². The van der Waals surface area contributed by atoms with Crippen molar-refractivity contribution in [3.05, 3.63) is 35.4 Å². The highest BCUT2D eigenvalue weighted by molar-refractivity contribution is 6.02. The molecule has 1 fully saturated rings. The molecule has 0 aromatic heterocycles. The molecule has 1 aliphatic rings. The molecule has 1 aromatic carbocycles. The van der Waals surface area contributed by atoms with E-state index >= 15 is 0 Å². The first-order chi connectivity index (χ1) is 10.0. The third-order valence-electron chi connectivity index (χ3n) is 3.74. The number of nitrogens with zero attached hydrogens (tertiary/aromatic N) is 1. The van der Waals surface area contributed by atoms with Crippen LogP contribution in [-0.2, 0) is 25.5 Å². The van der Waals surface area contributed by atoms with Crippen LogP contribution in [0.2, 0.25) is 0 Å². The monoisotopic (exact) mass is 289 g/mol. The Kier molecular flexibility index (Phi) is 4.73. The largest absolute Gasteiger partial charge is 0.468 e. The summed E-state index contributed by atoms with van der Waals surface area (Å²) in [7, 11) is 1.27. The lowest BCUT2D eigenvalue weighted by Crippen LogP contribution is -2.47. The van der Waals surface area contributed by atoms with E-state index in [0.29, 0.717) is 13.0 Å². The minimum absolute atomic E-state index is 0.00946. The number of rotatable bonds is 3. The first kappa shape index (κ1) is 15.2. The maximum Gasteiger partial charge on any atom is 0.316 e. The third kappa shape index (κ3) is 3.68. The number of carbonyl (C=O) groups excluding carboxylic acids is 3. The summed E-state index contributed by atoms with van der Waals surface area (Å²) in [5.74, 6) is -1.56. The van der Waals surface area contributed by atoms with Crippen LogP contribution >= 0.6 is 0 Å². The van der Waals surface area contributed by atoms with Crippen LogP contribution in [0.15, 0.2) is 24.3 Å². The summed E-state index contributed by atoms with van der Waals surface area (Å²) < 4.78 is 4.60. The number of likely N-dealkylation sites (tertiary alicyclic amines) is 1. The summed E-state index contributed by atoms with van der Waals surface area (Å²) in [6.45, 7) is 2.39. The number of aryl methyl sites for hydroxylation is 1. The van der Waals surface area contributed by atoms with Gasteiger partial charge in [-0.25, -0.2) is 0 Å². The van der Waals surface area contributed by atoms with Gasteiger partial charge in [-0.1, -0.05) is 29.8 Å². The van der Waals surface area contributed by atoms with Gasteiger partial charge in [-0.3, -0.25) is 14.4 Å². The fourth-order valence-corrected chi connectivity index (χ4v) is 2.42. The SMILES string of the molecule is COC(=O)C1CCN(C(=O)Cc2ccc(C)cc2)CC1=O. The minimum Gasteiger partial charge on any atom is -0.468 e. The molecule has 112 valence electrons. The van der Waals surface area contributed by atoms with Gasteiger partial charge in [-0.05, 0) is 18.9 Å². The van der Waals surface area contributed by atoms with Gasteiger partial charge in [0, 0.05) is 6.54 Å². The zero-order chi connectivity index (χ0) is 15.4. The molecule has 21 heavy (non-hydrogen) atoms. The summed E-state index contributed by atoms with van der Waals surface area (Å²) in [5.41, 5.74) is 2.06. The second kappa shape index (κ2) is 6.52. The average molecular weight is 289 g/mol. The molecule has 0 radical (unpaired) electrons. The molecule has 5 nitrogen and oxygen atoms in total. The van der Waals surface area contributed by atoms with E-state index in [9.17, 15) is 14.4 Å². The molecular formula is C16H19NO4. The van der Waals surface area contributed by atoms with E-state index in [1.165, 1.54) is 12.0 Å². The smallest absolute Gasteiger partial charge is 0.316 e. The molecule has 0 spiro atoms. The van der Waals surface area contributed by atoms with Crippen molar-refractivity contribution in [2.45, 2.75) is 19.8 Å². The van der Waals surface area contributed by atoms with Gasteiger partial charge in [0.05, 0.1) is 20.1 Å². The number of Topliss-reactive ketones (excluding diaryl/α,β-unsaturated/α-hetero) is 1. The summed E-state index contributed by atoms with van der Waals surface area (Å²) in [4.78, 5) is 37.1. The standard InChI is InChI=1S/C16H19NO4/c1-11-3-5-12(6-4-11)9-15(19)17-8-7-13(14(18)10-17)16(20)21-2/h3-6,13H,7-10H2,1-2H3. The number of hydrogen-bond acceptors (Lipinski definition) is 4. The molecule has 5 heteroatoms. The number of benzene rings is 1. The summed E-state index contributed by atoms with van der Waals surface area (Å²) in [6, 6.07) is 7.74. The number of hydrogen-bond donors (Lipinski definition) is 0. The molecular weight excluding hydrogens is 270 g/mol. The molecule has 1 heterocycles. The van der Waals surface area contributed by atoms with Crippen molar-refractivity contribution in [1.29, 1.82) is 0 Å². The maximum atomic E-state index is 12.2. The number of ether oxygens (including phenoxy) is 1. The van der Waals surface area contributed by atoms with E-state index in [0.717, 1.165) is 11.1 Å². The van der Waals surface area contributed by atoms with Gasteiger partial charge in [0.15, 0.2) is 5.78 Å². The van der Waals surface area contributed by atoms with Gasteiger partial charge < -0.3 is 9.64 Å². The van der Waals surface area contributed by atoms with Crippen LogP contribution in [0.4, 0.5) is 0 Å². The quantitative estimate of drug-likeness (QED) is 0.618. The second-order valence-corrected chi connectivity index (χ2v) is 5.31. The third-order valence-corrected chi connectivity index (χ3v) is 3.74. The van der Waals surface area contributed by atoms with Gasteiger partial charge >= 0.3 is 5.97 Å². The van der Waals surface area contributed by atoms with Crippen LogP contribution in [-0.4, -0.2) is 42.8 Å².